The molecule has 0 aliphatic carbocycles. The van der Waals surface area contributed by atoms with Crippen molar-refractivity contribution < 1.29 is 58.8 Å². The molecule has 7 heteroatoms. The Labute approximate surface area is 77.9 Å². The Bertz CT molecular complexity index is 117. The predicted molar refractivity (Wildman–Crippen MR) is 20.8 cm³/mol. The van der Waals surface area contributed by atoms with Crippen molar-refractivity contribution in [2.45, 2.75) is 6.36 Å². The molecule has 10 heavy (non-hydrogen) atoms. The molecule has 0 fully saturated rings. The molecule has 56 valence electrons. The Morgan fingerprint density at radius 2 is 2.00 bits per heavy atom. The number of halogens is 3. The van der Waals surface area contributed by atoms with Crippen LogP contribution in [0.25, 0.3) is 0 Å². The summed E-state index contributed by atoms with van der Waals surface area (Å²) in [6.45, 7) is -1.34. The van der Waals surface area contributed by atoms with E-state index in [1.54, 1.807) is 0 Å². The molecule has 0 saturated carbocycles. The Balaban J connectivity index is -0.000000320. The van der Waals surface area contributed by atoms with Gasteiger partial charge in [-0.1, -0.05) is 0 Å². The van der Waals surface area contributed by atoms with Crippen LogP contribution in [-0.4, -0.2) is 24.0 Å². The molecule has 0 atom stereocenters. The van der Waals surface area contributed by atoms with E-state index in [2.05, 4.69) is 4.74 Å². The van der Waals surface area contributed by atoms with Crippen molar-refractivity contribution in [3.63, 3.8) is 0 Å². The summed E-state index contributed by atoms with van der Waals surface area (Å²) in [6, 6.07) is 0. The Morgan fingerprint density at radius 3 is 2.10 bits per heavy atom. The van der Waals surface area contributed by atoms with Crippen LogP contribution in [0.4, 0.5) is 13.2 Å². The van der Waals surface area contributed by atoms with Crippen molar-refractivity contribution >= 4 is 5.97 Å². The summed E-state index contributed by atoms with van der Waals surface area (Å²) < 4.78 is 35.7. The molecule has 3 nitrogen and oxygen atoms in total. The van der Waals surface area contributed by atoms with Crippen LogP contribution in [0.3, 0.4) is 0 Å². The minimum Gasteiger partial charge on any atom is -1.00 e. The van der Waals surface area contributed by atoms with Crippen LogP contribution in [0.5, 0.6) is 0 Å². The van der Waals surface area contributed by atoms with Crippen LogP contribution in [0.1, 0.15) is 1.43 Å². The molecule has 0 unspecified atom stereocenters. The molecule has 0 heterocycles. The summed E-state index contributed by atoms with van der Waals surface area (Å²) in [5.41, 5.74) is 0. The number of carboxylic acid groups (broad SMARTS) is 1. The predicted octanol–water partition coefficient (Wildman–Crippen LogP) is -2.28. The van der Waals surface area contributed by atoms with Crippen molar-refractivity contribution in [1.29, 1.82) is 0 Å². The van der Waals surface area contributed by atoms with Crippen molar-refractivity contribution in [3.05, 3.63) is 0 Å². The number of hydrogen-bond donors (Lipinski definition) is 1. The fourth-order valence-electron chi connectivity index (χ4n) is 0.144. The number of alkyl halides is 3. The van der Waals surface area contributed by atoms with Gasteiger partial charge in [-0.25, -0.2) is 4.79 Å². The van der Waals surface area contributed by atoms with Gasteiger partial charge in [0, 0.05) is 0 Å². The third-order valence-corrected chi connectivity index (χ3v) is 0.359. The van der Waals surface area contributed by atoms with Gasteiger partial charge in [0.15, 0.2) is 6.61 Å². The quantitative estimate of drug-likeness (QED) is 0.472. The summed E-state index contributed by atoms with van der Waals surface area (Å²) >= 11 is 0. The fraction of sp³-hybridized carbons (Fsp3) is 0.667. The van der Waals surface area contributed by atoms with Crippen molar-refractivity contribution in [1.82, 2.24) is 0 Å². The molecule has 0 aliphatic heterocycles. The topological polar surface area (TPSA) is 46.5 Å². The first-order valence-electron chi connectivity index (χ1n) is 1.84. The molecule has 0 rings (SSSR count). The fourth-order valence-corrected chi connectivity index (χ4v) is 0.144. The zero-order valence-electron chi connectivity index (χ0n) is 6.10. The number of ether oxygens (including phenoxy) is 1. The maximum absolute atomic E-state index is 10.9. The van der Waals surface area contributed by atoms with E-state index >= 15 is 0 Å². The third-order valence-electron chi connectivity index (χ3n) is 0.359. The molecule has 0 aliphatic rings. The molecule has 0 radical (unpaired) electrons. The first-order chi connectivity index (χ1) is 3.92. The zero-order valence-corrected chi connectivity index (χ0v) is 7.10. The first kappa shape index (κ1) is 12.9. The van der Waals surface area contributed by atoms with E-state index in [1.165, 1.54) is 0 Å². The van der Waals surface area contributed by atoms with E-state index in [1.807, 2.05) is 0 Å². The minimum atomic E-state index is -4.85. The molecule has 0 saturated heterocycles. The second-order valence-corrected chi connectivity index (χ2v) is 1.13. The summed E-state index contributed by atoms with van der Waals surface area (Å²) in [5, 5.41) is 7.65. The third kappa shape index (κ3) is 11.1. The molecule has 0 bridgehead atoms. The van der Waals surface area contributed by atoms with Crippen molar-refractivity contribution in [3.8, 4) is 0 Å². The smallest absolute Gasteiger partial charge is 1.00 e. The maximum Gasteiger partial charge on any atom is 1.00 e. The number of aliphatic carboxylic acids is 1. The second-order valence-electron chi connectivity index (χ2n) is 1.13. The molecular weight excluding hydrogens is 164 g/mol. The van der Waals surface area contributed by atoms with Crippen LogP contribution < -0.4 is 29.6 Å². The van der Waals surface area contributed by atoms with Gasteiger partial charge >= 0.3 is 41.9 Å². The summed E-state index contributed by atoms with van der Waals surface area (Å²) in [6.07, 6.45) is -4.85. The van der Waals surface area contributed by atoms with Gasteiger partial charge in [0.2, 0.25) is 0 Å². The normalized spacial score (nSPS) is 10.3. The van der Waals surface area contributed by atoms with Crippen LogP contribution in [-0.2, 0) is 9.53 Å². The standard InChI is InChI=1S/C3H3F3O3.Na.H/c4-3(5,6)9-1-2(7)8;;/h1H2,(H,7,8);;/q;+1;-1. The largest absolute Gasteiger partial charge is 1.00 e. The Kier molecular flexibility index (Phi) is 6.36. The number of carbonyl (C=O) groups is 1. The summed E-state index contributed by atoms with van der Waals surface area (Å²) in [4.78, 5) is 9.42. The van der Waals surface area contributed by atoms with E-state index in [-0.39, 0.29) is 31.0 Å². The average Bonchev–Trinajstić information content (AvgIpc) is 1.59. The van der Waals surface area contributed by atoms with E-state index in [0.717, 1.165) is 0 Å². The van der Waals surface area contributed by atoms with E-state index in [0.29, 0.717) is 0 Å². The van der Waals surface area contributed by atoms with Gasteiger partial charge in [-0.3, -0.25) is 4.74 Å². The number of hydrogen-bond acceptors (Lipinski definition) is 2. The van der Waals surface area contributed by atoms with Gasteiger partial charge < -0.3 is 6.53 Å². The first-order valence-corrected chi connectivity index (χ1v) is 1.84. The Hall–Kier alpha value is 0.220. The number of carboxylic acids is 1. The van der Waals surface area contributed by atoms with Gasteiger partial charge in [0.05, 0.1) is 0 Å². The van der Waals surface area contributed by atoms with Crippen molar-refractivity contribution in [2.24, 2.45) is 0 Å². The SMILES string of the molecule is O=C(O)COC(F)(F)F.[H-].[Na+]. The molecular formula is C3H4F3NaO3. The van der Waals surface area contributed by atoms with Gasteiger partial charge in [-0.05, 0) is 0 Å². The van der Waals surface area contributed by atoms with Gasteiger partial charge in [-0.2, -0.15) is 0 Å². The molecule has 1 N–H and O–H groups in total. The molecule has 0 aromatic heterocycles. The monoisotopic (exact) mass is 168 g/mol. The van der Waals surface area contributed by atoms with Crippen LogP contribution >= 0.6 is 0 Å². The van der Waals surface area contributed by atoms with Crippen LogP contribution in [0.2, 0.25) is 0 Å². The van der Waals surface area contributed by atoms with Crippen LogP contribution in [0, 0.1) is 0 Å². The zero-order chi connectivity index (χ0) is 7.49. The Morgan fingerprint density at radius 1 is 1.60 bits per heavy atom. The summed E-state index contributed by atoms with van der Waals surface area (Å²) in [7, 11) is 0. The van der Waals surface area contributed by atoms with E-state index < -0.39 is 18.9 Å². The molecule has 0 spiro atoms. The van der Waals surface area contributed by atoms with Gasteiger partial charge in [0.25, 0.3) is 0 Å². The maximum atomic E-state index is 10.9. The summed E-state index contributed by atoms with van der Waals surface area (Å²) in [5.74, 6) is -1.65. The minimum absolute atomic E-state index is 0. The van der Waals surface area contributed by atoms with Gasteiger partial charge in [0.1, 0.15) is 0 Å². The van der Waals surface area contributed by atoms with Gasteiger partial charge in [-0.15, -0.1) is 13.2 Å². The number of rotatable bonds is 2. The molecule has 0 aromatic rings. The molecule has 0 amide bonds. The van der Waals surface area contributed by atoms with Crippen molar-refractivity contribution in [2.75, 3.05) is 6.61 Å². The van der Waals surface area contributed by atoms with E-state index in [9.17, 15) is 18.0 Å². The second kappa shape index (κ2) is 4.95. The van der Waals surface area contributed by atoms with Crippen LogP contribution in [0.15, 0.2) is 0 Å². The van der Waals surface area contributed by atoms with E-state index in [4.69, 9.17) is 5.11 Å². The average molecular weight is 168 g/mol. The molecule has 0 aromatic carbocycles.